The zero-order valence-electron chi connectivity index (χ0n) is 24.8. The Morgan fingerprint density at radius 3 is 2.44 bits per heavy atom. The number of carbonyl (C=O) groups excluding carboxylic acids is 1. The lowest BCUT2D eigenvalue weighted by atomic mass is 9.76. The summed E-state index contributed by atoms with van der Waals surface area (Å²) >= 11 is 0. The van der Waals surface area contributed by atoms with Crippen molar-refractivity contribution in [1.29, 1.82) is 0 Å². The van der Waals surface area contributed by atoms with Crippen LogP contribution in [-0.2, 0) is 16.1 Å². The second-order valence-corrected chi connectivity index (χ2v) is 12.1. The highest BCUT2D eigenvalue weighted by molar-refractivity contribution is 6.08. The summed E-state index contributed by atoms with van der Waals surface area (Å²) in [5.74, 6) is -0.431. The topological polar surface area (TPSA) is 94.4 Å². The number of halogens is 1. The number of nitrogens with zero attached hydrogens (tertiary/aromatic N) is 2. The summed E-state index contributed by atoms with van der Waals surface area (Å²) in [5, 5.41) is 27.0. The summed E-state index contributed by atoms with van der Waals surface area (Å²) in [6.07, 6.45) is 4.09. The van der Waals surface area contributed by atoms with E-state index in [1.54, 1.807) is 17.0 Å². The minimum Gasteiger partial charge on any atom is -0.389 e. The van der Waals surface area contributed by atoms with E-state index in [0.717, 1.165) is 12.1 Å². The van der Waals surface area contributed by atoms with Gasteiger partial charge in [0.1, 0.15) is 11.4 Å². The number of allylic oxidation sites excluding steroid dienone is 1. The van der Waals surface area contributed by atoms with Crippen LogP contribution in [0.3, 0.4) is 0 Å². The molecule has 5 atom stereocenters. The van der Waals surface area contributed by atoms with E-state index in [4.69, 9.17) is 4.84 Å². The molecule has 1 saturated heterocycles. The third kappa shape index (κ3) is 7.05. The average Bonchev–Trinajstić information content (AvgIpc) is 3.33. The summed E-state index contributed by atoms with van der Waals surface area (Å²) in [4.78, 5) is 21.9. The van der Waals surface area contributed by atoms with E-state index in [1.807, 2.05) is 38.1 Å². The van der Waals surface area contributed by atoms with Crippen molar-refractivity contribution < 1.29 is 24.2 Å². The first-order valence-electron chi connectivity index (χ1n) is 14.7. The van der Waals surface area contributed by atoms with E-state index in [-0.39, 0.29) is 36.0 Å². The lowest BCUT2D eigenvalue weighted by Gasteiger charge is -2.51. The molecular weight excluding hydrogens is 521 g/mol. The van der Waals surface area contributed by atoms with Gasteiger partial charge in [0, 0.05) is 36.1 Å². The number of nitrogens with one attached hydrogen (secondary N) is 1. The molecule has 1 fully saturated rings. The second-order valence-electron chi connectivity index (χ2n) is 12.1. The SMILES string of the molecule is CC=C1C(=O)N(c2ccc(F)cc2)C(C)(CCCCC(O)O)NC1C(C)C(C)C1=NOC(C)(Cc2ccccc2)C1. The number of aliphatic hydroxyl groups excluding tert-OH is 1. The largest absolute Gasteiger partial charge is 0.389 e. The first-order valence-corrected chi connectivity index (χ1v) is 14.7. The number of hydrogen-bond acceptors (Lipinski definition) is 6. The minimum atomic E-state index is -1.36. The normalized spacial score (nSPS) is 27.2. The van der Waals surface area contributed by atoms with Crippen molar-refractivity contribution in [3.63, 3.8) is 0 Å². The van der Waals surface area contributed by atoms with Crippen LogP contribution in [0, 0.1) is 17.7 Å². The standard InChI is InChI=1S/C33H44FN3O4/c1-6-27-30(23(3)22(2)28-21-32(4,41-36-28)20-24-12-8-7-9-13-24)35-33(5,19-11-10-14-29(38)39)37(31(27)40)26-17-15-25(34)16-18-26/h6-9,12-13,15-18,22-23,29-30,35,38-39H,10-11,14,19-21H2,1-5H3. The smallest absolute Gasteiger partial charge is 0.256 e. The minimum absolute atomic E-state index is 0.0144. The van der Waals surface area contributed by atoms with E-state index in [9.17, 15) is 19.4 Å². The van der Waals surface area contributed by atoms with E-state index < -0.39 is 17.6 Å². The number of rotatable bonds is 11. The summed E-state index contributed by atoms with van der Waals surface area (Å²) in [7, 11) is 0. The maximum atomic E-state index is 14.2. The molecule has 0 radical (unpaired) electrons. The molecule has 41 heavy (non-hydrogen) atoms. The number of amides is 1. The van der Waals surface area contributed by atoms with E-state index in [0.29, 0.717) is 36.9 Å². The van der Waals surface area contributed by atoms with Crippen LogP contribution < -0.4 is 10.2 Å². The van der Waals surface area contributed by atoms with Crippen LogP contribution in [-0.4, -0.2) is 45.4 Å². The van der Waals surface area contributed by atoms with Crippen molar-refractivity contribution >= 4 is 17.3 Å². The molecule has 4 rings (SSSR count). The Morgan fingerprint density at radius 2 is 1.80 bits per heavy atom. The van der Waals surface area contributed by atoms with Crippen molar-refractivity contribution in [3.05, 3.63) is 77.6 Å². The third-order valence-corrected chi connectivity index (χ3v) is 8.72. The van der Waals surface area contributed by atoms with E-state index in [1.165, 1.54) is 17.7 Å². The van der Waals surface area contributed by atoms with Crippen LogP contribution in [0.5, 0.6) is 0 Å². The first kappa shape index (κ1) is 30.9. The summed E-state index contributed by atoms with van der Waals surface area (Å²) in [5.41, 5.74) is 2.25. The van der Waals surface area contributed by atoms with Crippen LogP contribution in [0.25, 0.3) is 0 Å². The number of unbranched alkanes of at least 4 members (excludes halogenated alkanes) is 1. The van der Waals surface area contributed by atoms with Crippen molar-refractivity contribution in [2.45, 2.75) is 96.7 Å². The zero-order chi connectivity index (χ0) is 29.8. The van der Waals surface area contributed by atoms with Crippen molar-refractivity contribution in [2.75, 3.05) is 4.90 Å². The monoisotopic (exact) mass is 565 g/mol. The molecule has 3 N–H and O–H groups in total. The average molecular weight is 566 g/mol. The highest BCUT2D eigenvalue weighted by Crippen LogP contribution is 2.39. The lowest BCUT2D eigenvalue weighted by molar-refractivity contribution is -0.118. The predicted octanol–water partition coefficient (Wildman–Crippen LogP) is 5.71. The van der Waals surface area contributed by atoms with Crippen LogP contribution in [0.15, 0.2) is 71.4 Å². The number of hydrogen-bond donors (Lipinski definition) is 3. The Bertz CT molecular complexity index is 1250. The van der Waals surface area contributed by atoms with Gasteiger partial charge in [-0.05, 0) is 82.2 Å². The Labute approximate surface area is 243 Å². The fourth-order valence-corrected chi connectivity index (χ4v) is 6.23. The molecule has 7 nitrogen and oxygen atoms in total. The maximum absolute atomic E-state index is 14.2. The molecule has 8 heteroatoms. The quantitative estimate of drug-likeness (QED) is 0.184. The molecule has 0 bridgehead atoms. The molecule has 2 aromatic carbocycles. The zero-order valence-corrected chi connectivity index (χ0v) is 24.8. The van der Waals surface area contributed by atoms with Gasteiger partial charge in [-0.3, -0.25) is 15.0 Å². The number of oxime groups is 1. The van der Waals surface area contributed by atoms with Crippen LogP contribution >= 0.6 is 0 Å². The third-order valence-electron chi connectivity index (χ3n) is 8.72. The second kappa shape index (κ2) is 12.8. The highest BCUT2D eigenvalue weighted by atomic mass is 19.1. The fraction of sp³-hybridized carbons (Fsp3) is 0.515. The van der Waals surface area contributed by atoms with Crippen molar-refractivity contribution in [2.24, 2.45) is 17.0 Å². The molecule has 0 spiro atoms. The Balaban J connectivity index is 1.56. The first-order chi connectivity index (χ1) is 19.5. The van der Waals surface area contributed by atoms with Gasteiger partial charge >= 0.3 is 0 Å². The van der Waals surface area contributed by atoms with Crippen LogP contribution in [0.2, 0.25) is 0 Å². The van der Waals surface area contributed by atoms with Gasteiger partial charge < -0.3 is 15.1 Å². The number of carbonyl (C=O) groups is 1. The molecule has 2 heterocycles. The molecule has 0 aromatic heterocycles. The van der Waals surface area contributed by atoms with Gasteiger partial charge in [0.2, 0.25) is 0 Å². The molecule has 2 aliphatic rings. The molecular formula is C33H44FN3O4. The molecule has 2 aliphatic heterocycles. The highest BCUT2D eigenvalue weighted by Gasteiger charge is 2.48. The predicted molar refractivity (Wildman–Crippen MR) is 160 cm³/mol. The van der Waals surface area contributed by atoms with Gasteiger partial charge in [0.15, 0.2) is 6.29 Å². The van der Waals surface area contributed by atoms with E-state index >= 15 is 0 Å². The molecule has 2 aromatic rings. The van der Waals surface area contributed by atoms with Gasteiger partial charge in [0.05, 0.1) is 11.4 Å². The van der Waals surface area contributed by atoms with Gasteiger partial charge in [-0.1, -0.05) is 55.4 Å². The van der Waals surface area contributed by atoms with Crippen LogP contribution in [0.4, 0.5) is 10.1 Å². The molecule has 222 valence electrons. The van der Waals surface area contributed by atoms with E-state index in [2.05, 4.69) is 43.4 Å². The maximum Gasteiger partial charge on any atom is 0.256 e. The van der Waals surface area contributed by atoms with Gasteiger partial charge in [0.25, 0.3) is 5.91 Å². The lowest BCUT2D eigenvalue weighted by Crippen LogP contribution is -2.69. The van der Waals surface area contributed by atoms with Crippen molar-refractivity contribution in [3.8, 4) is 0 Å². The van der Waals surface area contributed by atoms with Crippen LogP contribution in [0.1, 0.15) is 72.3 Å². The number of benzene rings is 2. The fourth-order valence-electron chi connectivity index (χ4n) is 6.23. The van der Waals surface area contributed by atoms with Crippen molar-refractivity contribution in [1.82, 2.24) is 5.32 Å². The summed E-state index contributed by atoms with van der Waals surface area (Å²) in [6, 6.07) is 16.0. The molecule has 5 unspecified atom stereocenters. The molecule has 1 amide bonds. The number of anilines is 1. The Kier molecular flexibility index (Phi) is 9.67. The van der Waals surface area contributed by atoms with Gasteiger partial charge in [-0.25, -0.2) is 4.39 Å². The molecule has 0 aliphatic carbocycles. The van der Waals surface area contributed by atoms with Gasteiger partial charge in [-0.15, -0.1) is 0 Å². The Morgan fingerprint density at radius 1 is 1.12 bits per heavy atom. The summed E-state index contributed by atoms with van der Waals surface area (Å²) < 4.78 is 13.8. The summed E-state index contributed by atoms with van der Waals surface area (Å²) in [6.45, 7) is 10.3. The van der Waals surface area contributed by atoms with Gasteiger partial charge in [-0.2, -0.15) is 0 Å². The molecule has 0 saturated carbocycles. The number of aliphatic hydroxyl groups is 2. The Hall–Kier alpha value is -3.07.